The van der Waals surface area contributed by atoms with E-state index in [9.17, 15) is 14.4 Å². The van der Waals surface area contributed by atoms with E-state index in [0.717, 1.165) is 6.42 Å². The summed E-state index contributed by atoms with van der Waals surface area (Å²) in [5.74, 6) is -1.33. The van der Waals surface area contributed by atoms with Crippen LogP contribution in [0.1, 0.15) is 29.8 Å². The SMILES string of the molecule is CCc1ccc(OCC(=O)Nc2ccc(C(=O)NC(C)C(=O)O)cc2)cc1. The summed E-state index contributed by atoms with van der Waals surface area (Å²) in [6.07, 6.45) is 0.935. The molecular weight excluding hydrogens is 348 g/mol. The Morgan fingerprint density at radius 2 is 1.67 bits per heavy atom. The Labute approximate surface area is 157 Å². The van der Waals surface area contributed by atoms with Crippen molar-refractivity contribution in [2.75, 3.05) is 11.9 Å². The lowest BCUT2D eigenvalue weighted by molar-refractivity contribution is -0.138. The number of aliphatic carboxylic acids is 1. The number of rotatable bonds is 8. The first-order valence-corrected chi connectivity index (χ1v) is 8.54. The van der Waals surface area contributed by atoms with Gasteiger partial charge in [-0.25, -0.2) is 0 Å². The van der Waals surface area contributed by atoms with Crippen LogP contribution in [0.15, 0.2) is 48.5 Å². The molecule has 7 heteroatoms. The van der Waals surface area contributed by atoms with E-state index in [4.69, 9.17) is 9.84 Å². The summed E-state index contributed by atoms with van der Waals surface area (Å²) in [5.41, 5.74) is 2.00. The third-order valence-corrected chi connectivity index (χ3v) is 3.85. The fraction of sp³-hybridized carbons (Fsp3) is 0.250. The van der Waals surface area contributed by atoms with Crippen molar-refractivity contribution in [2.24, 2.45) is 0 Å². The maximum atomic E-state index is 12.0. The van der Waals surface area contributed by atoms with Gasteiger partial charge in [0.15, 0.2) is 6.61 Å². The summed E-state index contributed by atoms with van der Waals surface area (Å²) in [6, 6.07) is 12.7. The molecule has 27 heavy (non-hydrogen) atoms. The predicted molar refractivity (Wildman–Crippen MR) is 101 cm³/mol. The fourth-order valence-electron chi connectivity index (χ4n) is 2.21. The number of carbonyl (C=O) groups is 3. The number of carboxylic acids is 1. The third-order valence-electron chi connectivity index (χ3n) is 3.85. The van der Waals surface area contributed by atoms with Crippen molar-refractivity contribution in [3.05, 3.63) is 59.7 Å². The molecule has 0 heterocycles. The normalized spacial score (nSPS) is 11.3. The first-order valence-electron chi connectivity index (χ1n) is 8.54. The quantitative estimate of drug-likeness (QED) is 0.662. The molecule has 0 aliphatic heterocycles. The molecule has 2 aromatic carbocycles. The van der Waals surface area contributed by atoms with Crippen molar-refractivity contribution in [2.45, 2.75) is 26.3 Å². The highest BCUT2D eigenvalue weighted by molar-refractivity contribution is 5.97. The number of hydrogen-bond acceptors (Lipinski definition) is 4. The van der Waals surface area contributed by atoms with Crippen LogP contribution < -0.4 is 15.4 Å². The first kappa shape index (κ1) is 20.0. The highest BCUT2D eigenvalue weighted by Crippen LogP contribution is 2.13. The van der Waals surface area contributed by atoms with Crippen LogP contribution in [0.4, 0.5) is 5.69 Å². The van der Waals surface area contributed by atoms with Crippen LogP contribution in [0.25, 0.3) is 0 Å². The molecule has 0 spiro atoms. The number of carbonyl (C=O) groups excluding carboxylic acids is 2. The highest BCUT2D eigenvalue weighted by Gasteiger charge is 2.15. The predicted octanol–water partition coefficient (Wildman–Crippen LogP) is 2.47. The van der Waals surface area contributed by atoms with Crippen molar-refractivity contribution in [3.8, 4) is 5.75 Å². The minimum atomic E-state index is -1.11. The van der Waals surface area contributed by atoms with Crippen molar-refractivity contribution < 1.29 is 24.2 Å². The van der Waals surface area contributed by atoms with E-state index in [1.807, 2.05) is 24.3 Å². The second kappa shape index (κ2) is 9.38. The number of nitrogens with one attached hydrogen (secondary N) is 2. The Bertz CT molecular complexity index is 800. The topological polar surface area (TPSA) is 105 Å². The van der Waals surface area contributed by atoms with E-state index in [-0.39, 0.29) is 12.5 Å². The van der Waals surface area contributed by atoms with Crippen LogP contribution in [-0.2, 0) is 16.0 Å². The zero-order chi connectivity index (χ0) is 19.8. The van der Waals surface area contributed by atoms with Gasteiger partial charge in [0.25, 0.3) is 11.8 Å². The van der Waals surface area contributed by atoms with E-state index >= 15 is 0 Å². The standard InChI is InChI=1S/C20H22N2O5/c1-3-14-4-10-17(11-5-14)27-12-18(23)22-16-8-6-15(7-9-16)19(24)21-13(2)20(25)26/h4-11,13H,3,12H2,1-2H3,(H,21,24)(H,22,23)(H,25,26). The summed E-state index contributed by atoms with van der Waals surface area (Å²) in [7, 11) is 0. The number of amides is 2. The summed E-state index contributed by atoms with van der Waals surface area (Å²) >= 11 is 0. The van der Waals surface area contributed by atoms with Gasteiger partial charge in [0.2, 0.25) is 0 Å². The molecule has 142 valence electrons. The van der Waals surface area contributed by atoms with Gasteiger partial charge in [-0.1, -0.05) is 19.1 Å². The van der Waals surface area contributed by atoms with Crippen molar-refractivity contribution >= 4 is 23.5 Å². The Hall–Kier alpha value is -3.35. The molecule has 0 bridgehead atoms. The summed E-state index contributed by atoms with van der Waals surface area (Å²) in [4.78, 5) is 34.6. The minimum absolute atomic E-state index is 0.135. The van der Waals surface area contributed by atoms with Crippen LogP contribution in [0.2, 0.25) is 0 Å². The van der Waals surface area contributed by atoms with E-state index in [1.54, 1.807) is 12.1 Å². The largest absolute Gasteiger partial charge is 0.484 e. The van der Waals surface area contributed by atoms with Crippen LogP contribution in [0.3, 0.4) is 0 Å². The van der Waals surface area contributed by atoms with Gasteiger partial charge >= 0.3 is 5.97 Å². The Balaban J connectivity index is 1.85. The zero-order valence-corrected chi connectivity index (χ0v) is 15.2. The average Bonchev–Trinajstić information content (AvgIpc) is 2.67. The number of aryl methyl sites for hydroxylation is 1. The fourth-order valence-corrected chi connectivity index (χ4v) is 2.21. The molecule has 3 N–H and O–H groups in total. The van der Waals surface area contributed by atoms with Crippen molar-refractivity contribution in [1.29, 1.82) is 0 Å². The smallest absolute Gasteiger partial charge is 0.325 e. The summed E-state index contributed by atoms with van der Waals surface area (Å²) < 4.78 is 5.44. The number of benzene rings is 2. The maximum Gasteiger partial charge on any atom is 0.325 e. The zero-order valence-electron chi connectivity index (χ0n) is 15.2. The average molecular weight is 370 g/mol. The van der Waals surface area contributed by atoms with Crippen LogP contribution in [0, 0.1) is 0 Å². The highest BCUT2D eigenvalue weighted by atomic mass is 16.5. The van der Waals surface area contributed by atoms with E-state index in [1.165, 1.54) is 24.6 Å². The molecule has 1 unspecified atom stereocenters. The van der Waals surface area contributed by atoms with Gasteiger partial charge < -0.3 is 20.5 Å². The Kier molecular flexibility index (Phi) is 6.93. The van der Waals surface area contributed by atoms with E-state index in [0.29, 0.717) is 17.0 Å². The molecule has 0 aliphatic carbocycles. The lowest BCUT2D eigenvalue weighted by Crippen LogP contribution is -2.38. The number of anilines is 1. The second-order valence-corrected chi connectivity index (χ2v) is 5.95. The van der Waals surface area contributed by atoms with Crippen LogP contribution >= 0.6 is 0 Å². The number of ether oxygens (including phenoxy) is 1. The summed E-state index contributed by atoms with van der Waals surface area (Å²) in [6.45, 7) is 3.30. The molecule has 0 aromatic heterocycles. The molecule has 0 radical (unpaired) electrons. The van der Waals surface area contributed by atoms with Gasteiger partial charge in [-0.05, 0) is 55.3 Å². The molecule has 0 saturated heterocycles. The van der Waals surface area contributed by atoms with Gasteiger partial charge in [0.1, 0.15) is 11.8 Å². The van der Waals surface area contributed by atoms with Crippen LogP contribution in [0.5, 0.6) is 5.75 Å². The third kappa shape index (κ3) is 6.14. The molecular formula is C20H22N2O5. The first-order chi connectivity index (χ1) is 12.9. The van der Waals surface area contributed by atoms with E-state index in [2.05, 4.69) is 17.6 Å². The van der Waals surface area contributed by atoms with Crippen molar-refractivity contribution in [1.82, 2.24) is 5.32 Å². The number of hydrogen-bond donors (Lipinski definition) is 3. The second-order valence-electron chi connectivity index (χ2n) is 5.95. The van der Waals surface area contributed by atoms with Crippen LogP contribution in [-0.4, -0.2) is 35.5 Å². The lowest BCUT2D eigenvalue weighted by Gasteiger charge is -2.10. The monoisotopic (exact) mass is 370 g/mol. The molecule has 0 aliphatic rings. The lowest BCUT2D eigenvalue weighted by atomic mass is 10.2. The minimum Gasteiger partial charge on any atom is -0.484 e. The Morgan fingerprint density at radius 1 is 1.04 bits per heavy atom. The number of carboxylic acid groups (broad SMARTS) is 1. The molecule has 2 aromatic rings. The van der Waals surface area contributed by atoms with Gasteiger partial charge in [0, 0.05) is 11.3 Å². The van der Waals surface area contributed by atoms with Gasteiger partial charge in [-0.3, -0.25) is 14.4 Å². The molecule has 0 saturated carbocycles. The van der Waals surface area contributed by atoms with Crippen molar-refractivity contribution in [3.63, 3.8) is 0 Å². The molecule has 0 fully saturated rings. The Morgan fingerprint density at radius 3 is 2.22 bits per heavy atom. The summed E-state index contributed by atoms with van der Waals surface area (Å²) in [5, 5.41) is 13.8. The van der Waals surface area contributed by atoms with Gasteiger partial charge in [-0.15, -0.1) is 0 Å². The van der Waals surface area contributed by atoms with Gasteiger partial charge in [-0.2, -0.15) is 0 Å². The molecule has 2 rings (SSSR count). The van der Waals surface area contributed by atoms with E-state index < -0.39 is 17.9 Å². The molecule has 1 atom stereocenters. The maximum absolute atomic E-state index is 12.0. The van der Waals surface area contributed by atoms with Gasteiger partial charge in [0.05, 0.1) is 0 Å². The molecule has 7 nitrogen and oxygen atoms in total. The molecule has 2 amide bonds.